The number of aliphatic imine (C=N–C) groups is 1. The summed E-state index contributed by atoms with van der Waals surface area (Å²) in [4.78, 5) is 31.5. The number of carbonyl (C=O) groups excluding carboxylic acids is 2. The summed E-state index contributed by atoms with van der Waals surface area (Å²) in [6.07, 6.45) is 8.28. The minimum Gasteiger partial charge on any atom is -0.497 e. The molecule has 6 nitrogen and oxygen atoms in total. The van der Waals surface area contributed by atoms with Crippen LogP contribution in [0, 0.1) is 5.92 Å². The highest BCUT2D eigenvalue weighted by Crippen LogP contribution is 2.47. The number of hydrogen-bond acceptors (Lipinski definition) is 6. The summed E-state index contributed by atoms with van der Waals surface area (Å²) in [6.45, 7) is 1.85. The molecule has 2 fully saturated rings. The Hall–Kier alpha value is -2.63. The number of ether oxygens (including phenoxy) is 3. The Kier molecular flexibility index (Phi) is 6.97. The Balaban J connectivity index is 1.79. The van der Waals surface area contributed by atoms with E-state index in [0.29, 0.717) is 29.2 Å². The summed E-state index contributed by atoms with van der Waals surface area (Å²) in [5, 5.41) is 0. The van der Waals surface area contributed by atoms with Gasteiger partial charge in [-0.25, -0.2) is 4.79 Å². The van der Waals surface area contributed by atoms with Crippen LogP contribution in [0.4, 0.5) is 0 Å². The van der Waals surface area contributed by atoms with E-state index in [1.165, 1.54) is 12.8 Å². The molecule has 172 valence electrons. The predicted octanol–water partition coefficient (Wildman–Crippen LogP) is 5.15. The molecule has 2 atom stereocenters. The molecule has 2 saturated carbocycles. The summed E-state index contributed by atoms with van der Waals surface area (Å²) in [6, 6.07) is 5.53. The van der Waals surface area contributed by atoms with E-state index in [2.05, 4.69) is 0 Å². The average molecular weight is 440 g/mol. The van der Waals surface area contributed by atoms with E-state index in [0.717, 1.165) is 49.8 Å². The van der Waals surface area contributed by atoms with E-state index >= 15 is 0 Å². The molecule has 2 aliphatic carbocycles. The molecule has 0 radical (unpaired) electrons. The Morgan fingerprint density at radius 3 is 2.41 bits per heavy atom. The lowest BCUT2D eigenvalue weighted by atomic mass is 9.69. The molecule has 1 aromatic carbocycles. The van der Waals surface area contributed by atoms with Crippen molar-refractivity contribution in [3.63, 3.8) is 0 Å². The second-order valence-electron chi connectivity index (χ2n) is 9.00. The highest BCUT2D eigenvalue weighted by Gasteiger charge is 2.45. The highest BCUT2D eigenvalue weighted by atomic mass is 16.5. The summed E-state index contributed by atoms with van der Waals surface area (Å²) in [5.41, 5.74) is 2.75. The molecule has 3 aliphatic rings. The Morgan fingerprint density at radius 1 is 0.969 bits per heavy atom. The summed E-state index contributed by atoms with van der Waals surface area (Å²) in [5.74, 6) is 0.0941. The van der Waals surface area contributed by atoms with E-state index in [9.17, 15) is 9.59 Å². The largest absolute Gasteiger partial charge is 0.497 e. The second kappa shape index (κ2) is 9.88. The fourth-order valence-corrected chi connectivity index (χ4v) is 5.38. The lowest BCUT2D eigenvalue weighted by Gasteiger charge is -2.36. The SMILES string of the molecule is COc1ccc(OC)c([C@H]2C(C(=O)OC3CCCCCC3)=C(C)N=C3CCCC(=O)[C@@H]32)c1. The zero-order valence-corrected chi connectivity index (χ0v) is 19.3. The van der Waals surface area contributed by atoms with Crippen molar-refractivity contribution in [3.8, 4) is 11.5 Å². The number of ketones is 1. The number of fused-ring (bicyclic) bond motifs is 1. The van der Waals surface area contributed by atoms with Gasteiger partial charge in [0.15, 0.2) is 0 Å². The Labute approximate surface area is 190 Å². The Morgan fingerprint density at radius 2 is 1.72 bits per heavy atom. The number of carbonyl (C=O) groups is 2. The maximum atomic E-state index is 13.6. The van der Waals surface area contributed by atoms with Gasteiger partial charge < -0.3 is 14.2 Å². The van der Waals surface area contributed by atoms with Gasteiger partial charge in [-0.1, -0.05) is 12.8 Å². The van der Waals surface area contributed by atoms with Gasteiger partial charge in [0, 0.05) is 29.3 Å². The van der Waals surface area contributed by atoms with Gasteiger partial charge in [0.25, 0.3) is 0 Å². The number of esters is 1. The first-order chi connectivity index (χ1) is 15.5. The van der Waals surface area contributed by atoms with Gasteiger partial charge in [0.05, 0.1) is 25.7 Å². The lowest BCUT2D eigenvalue weighted by Crippen LogP contribution is -2.39. The first kappa shape index (κ1) is 22.6. The molecule has 0 unspecified atom stereocenters. The zero-order valence-electron chi connectivity index (χ0n) is 19.3. The molecule has 0 bridgehead atoms. The van der Waals surface area contributed by atoms with Crippen molar-refractivity contribution in [2.75, 3.05) is 14.2 Å². The van der Waals surface area contributed by atoms with Crippen molar-refractivity contribution < 1.29 is 23.8 Å². The quantitative estimate of drug-likeness (QED) is 0.468. The van der Waals surface area contributed by atoms with Crippen LogP contribution in [0.1, 0.15) is 76.2 Å². The topological polar surface area (TPSA) is 74.2 Å². The van der Waals surface area contributed by atoms with Crippen LogP contribution in [0.2, 0.25) is 0 Å². The van der Waals surface area contributed by atoms with Gasteiger partial charge in [-0.3, -0.25) is 9.79 Å². The molecule has 4 rings (SSSR count). The maximum absolute atomic E-state index is 13.6. The first-order valence-corrected chi connectivity index (χ1v) is 11.8. The van der Waals surface area contributed by atoms with Crippen molar-refractivity contribution >= 4 is 17.5 Å². The Bertz CT molecular complexity index is 940. The lowest BCUT2D eigenvalue weighted by molar-refractivity contribution is -0.145. The third kappa shape index (κ3) is 4.45. The number of rotatable bonds is 5. The molecule has 0 saturated heterocycles. The number of allylic oxidation sites excluding steroid dienone is 1. The molecule has 1 heterocycles. The molecule has 0 amide bonds. The van der Waals surface area contributed by atoms with Gasteiger partial charge in [-0.2, -0.15) is 0 Å². The van der Waals surface area contributed by atoms with Gasteiger partial charge in [0.1, 0.15) is 23.4 Å². The minimum atomic E-state index is -0.487. The second-order valence-corrected chi connectivity index (χ2v) is 9.00. The number of Topliss-reactive ketones (excluding diaryl/α,β-unsaturated/α-hetero) is 1. The average Bonchev–Trinajstić information content (AvgIpc) is 3.06. The number of hydrogen-bond donors (Lipinski definition) is 0. The predicted molar refractivity (Wildman–Crippen MR) is 122 cm³/mol. The van der Waals surface area contributed by atoms with Crippen molar-refractivity contribution in [2.24, 2.45) is 10.9 Å². The van der Waals surface area contributed by atoms with E-state index in [1.807, 2.05) is 25.1 Å². The smallest absolute Gasteiger partial charge is 0.336 e. The maximum Gasteiger partial charge on any atom is 0.336 e. The molecular weight excluding hydrogens is 406 g/mol. The van der Waals surface area contributed by atoms with Crippen LogP contribution in [0.3, 0.4) is 0 Å². The van der Waals surface area contributed by atoms with E-state index in [4.69, 9.17) is 19.2 Å². The molecule has 32 heavy (non-hydrogen) atoms. The van der Waals surface area contributed by atoms with Crippen molar-refractivity contribution in [1.82, 2.24) is 0 Å². The normalized spacial score (nSPS) is 24.3. The summed E-state index contributed by atoms with van der Waals surface area (Å²) in [7, 11) is 3.21. The molecule has 6 heteroatoms. The number of methoxy groups -OCH3 is 2. The van der Waals surface area contributed by atoms with E-state index < -0.39 is 11.8 Å². The van der Waals surface area contributed by atoms with Crippen LogP contribution in [-0.2, 0) is 14.3 Å². The van der Waals surface area contributed by atoms with Crippen LogP contribution >= 0.6 is 0 Å². The van der Waals surface area contributed by atoms with Crippen molar-refractivity contribution in [1.29, 1.82) is 0 Å². The first-order valence-electron chi connectivity index (χ1n) is 11.8. The van der Waals surface area contributed by atoms with Gasteiger partial charge in [0.2, 0.25) is 0 Å². The van der Waals surface area contributed by atoms with Crippen molar-refractivity contribution in [2.45, 2.75) is 76.7 Å². The molecule has 0 spiro atoms. The molecular formula is C26H33NO5. The molecule has 1 aromatic rings. The summed E-state index contributed by atoms with van der Waals surface area (Å²) < 4.78 is 17.2. The molecule has 0 aromatic heterocycles. The number of benzene rings is 1. The summed E-state index contributed by atoms with van der Waals surface area (Å²) >= 11 is 0. The van der Waals surface area contributed by atoms with E-state index in [-0.39, 0.29) is 17.9 Å². The van der Waals surface area contributed by atoms with Crippen LogP contribution in [0.5, 0.6) is 11.5 Å². The van der Waals surface area contributed by atoms with Crippen LogP contribution in [0.15, 0.2) is 34.5 Å². The van der Waals surface area contributed by atoms with Crippen LogP contribution in [0.25, 0.3) is 0 Å². The fraction of sp³-hybridized carbons (Fsp3) is 0.577. The molecule has 0 N–H and O–H groups in total. The monoisotopic (exact) mass is 439 g/mol. The third-order valence-electron chi connectivity index (χ3n) is 6.98. The fourth-order valence-electron chi connectivity index (χ4n) is 5.38. The van der Waals surface area contributed by atoms with Gasteiger partial charge in [-0.15, -0.1) is 0 Å². The van der Waals surface area contributed by atoms with Gasteiger partial charge >= 0.3 is 5.97 Å². The van der Waals surface area contributed by atoms with E-state index in [1.54, 1.807) is 14.2 Å². The standard InChI is InChI=1S/C26H33NO5/c1-16-23(26(29)32-17-9-6-4-5-7-10-17)24(25-20(27-16)11-8-12-21(25)28)19-15-18(30-2)13-14-22(19)31-3/h13-15,17,24-25H,4-12H2,1-3H3/t24-,25+/m0/s1. The number of nitrogens with zero attached hydrogens (tertiary/aromatic N) is 1. The van der Waals surface area contributed by atoms with Crippen molar-refractivity contribution in [3.05, 3.63) is 35.0 Å². The van der Waals surface area contributed by atoms with Crippen LogP contribution < -0.4 is 9.47 Å². The molecule has 1 aliphatic heterocycles. The highest BCUT2D eigenvalue weighted by molar-refractivity contribution is 6.11. The zero-order chi connectivity index (χ0) is 22.7. The third-order valence-corrected chi connectivity index (χ3v) is 6.98. The minimum absolute atomic E-state index is 0.0782. The van der Waals surface area contributed by atoms with Gasteiger partial charge in [-0.05, 0) is 63.6 Å². The van der Waals surface area contributed by atoms with Crippen LogP contribution in [-0.4, -0.2) is 37.8 Å².